The number of nitrogens with zero attached hydrogens (tertiary/aromatic N) is 1. The molecule has 0 aromatic carbocycles. The molecule has 17 heavy (non-hydrogen) atoms. The lowest BCUT2D eigenvalue weighted by molar-refractivity contribution is -0.129. The smallest absolute Gasteiger partial charge is 0.219 e. The van der Waals surface area contributed by atoms with Gasteiger partial charge in [-0.25, -0.2) is 0 Å². The largest absolute Gasteiger partial charge is 0.343 e. The van der Waals surface area contributed by atoms with Crippen LogP contribution in [0.2, 0.25) is 0 Å². The van der Waals surface area contributed by atoms with E-state index in [1.54, 1.807) is 6.92 Å². The van der Waals surface area contributed by atoms with Crippen molar-refractivity contribution in [3.8, 4) is 0 Å². The topological polar surface area (TPSA) is 32.3 Å². The van der Waals surface area contributed by atoms with Crippen LogP contribution in [0.25, 0.3) is 0 Å². The first kappa shape index (κ1) is 14.5. The summed E-state index contributed by atoms with van der Waals surface area (Å²) in [6, 6.07) is 1.30. The lowest BCUT2D eigenvalue weighted by Crippen LogP contribution is -2.47. The third-order valence-corrected chi connectivity index (χ3v) is 3.69. The molecule has 1 aliphatic heterocycles. The van der Waals surface area contributed by atoms with E-state index in [-0.39, 0.29) is 5.91 Å². The van der Waals surface area contributed by atoms with Gasteiger partial charge >= 0.3 is 0 Å². The van der Waals surface area contributed by atoms with Crippen LogP contribution in [0.1, 0.15) is 59.3 Å². The number of hydrogen-bond acceptors (Lipinski definition) is 2. The molecule has 1 aliphatic rings. The molecule has 100 valence electrons. The predicted molar refractivity (Wildman–Crippen MR) is 72.0 cm³/mol. The maximum Gasteiger partial charge on any atom is 0.219 e. The van der Waals surface area contributed by atoms with E-state index in [9.17, 15) is 4.79 Å². The highest BCUT2D eigenvalue weighted by Crippen LogP contribution is 2.14. The Morgan fingerprint density at radius 2 is 1.76 bits per heavy atom. The molecule has 0 radical (unpaired) electrons. The SMILES string of the molecule is CCCC(CCC)NC1CCN(C(C)=O)CC1. The molecule has 1 fully saturated rings. The van der Waals surface area contributed by atoms with Crippen molar-refractivity contribution in [2.45, 2.75) is 71.4 Å². The molecule has 0 atom stereocenters. The fraction of sp³-hybridized carbons (Fsp3) is 0.929. The highest BCUT2D eigenvalue weighted by molar-refractivity contribution is 5.73. The second kappa shape index (κ2) is 7.70. The zero-order valence-corrected chi connectivity index (χ0v) is 11.7. The summed E-state index contributed by atoms with van der Waals surface area (Å²) in [6.45, 7) is 8.03. The summed E-state index contributed by atoms with van der Waals surface area (Å²) in [6.07, 6.45) is 7.29. The summed E-state index contributed by atoms with van der Waals surface area (Å²) in [5, 5.41) is 3.78. The third-order valence-electron chi connectivity index (χ3n) is 3.69. The van der Waals surface area contributed by atoms with Crippen LogP contribution in [0.5, 0.6) is 0 Å². The van der Waals surface area contributed by atoms with E-state index in [1.165, 1.54) is 25.7 Å². The summed E-state index contributed by atoms with van der Waals surface area (Å²) >= 11 is 0. The van der Waals surface area contributed by atoms with Gasteiger partial charge in [-0.3, -0.25) is 4.79 Å². The van der Waals surface area contributed by atoms with Crippen LogP contribution in [-0.2, 0) is 4.79 Å². The molecule has 0 saturated carbocycles. The van der Waals surface area contributed by atoms with E-state index in [1.807, 2.05) is 4.90 Å². The first-order valence-corrected chi connectivity index (χ1v) is 7.18. The normalized spacial score (nSPS) is 17.8. The quantitative estimate of drug-likeness (QED) is 0.774. The molecule has 0 aliphatic carbocycles. The number of piperidine rings is 1. The van der Waals surface area contributed by atoms with Gasteiger partial charge in [-0.2, -0.15) is 0 Å². The standard InChI is InChI=1S/C14H28N2O/c1-4-6-13(7-5-2)15-14-8-10-16(11-9-14)12(3)17/h13-15H,4-11H2,1-3H3. The van der Waals surface area contributed by atoms with Gasteiger partial charge < -0.3 is 10.2 Å². The van der Waals surface area contributed by atoms with Crippen LogP contribution in [0.15, 0.2) is 0 Å². The molecule has 0 aromatic heterocycles. The van der Waals surface area contributed by atoms with Gasteiger partial charge in [0, 0.05) is 32.1 Å². The van der Waals surface area contributed by atoms with Crippen LogP contribution in [0.4, 0.5) is 0 Å². The van der Waals surface area contributed by atoms with Crippen molar-refractivity contribution in [3.05, 3.63) is 0 Å². The summed E-state index contributed by atoms with van der Waals surface area (Å²) < 4.78 is 0. The zero-order valence-electron chi connectivity index (χ0n) is 11.7. The minimum atomic E-state index is 0.224. The average molecular weight is 240 g/mol. The van der Waals surface area contributed by atoms with Gasteiger partial charge in [-0.05, 0) is 25.7 Å². The maximum absolute atomic E-state index is 11.2. The van der Waals surface area contributed by atoms with Crippen LogP contribution >= 0.6 is 0 Å². The Bertz CT molecular complexity index is 216. The van der Waals surface area contributed by atoms with E-state index in [0.29, 0.717) is 12.1 Å². The molecule has 1 N–H and O–H groups in total. The molecule has 0 unspecified atom stereocenters. The summed E-state index contributed by atoms with van der Waals surface area (Å²) in [7, 11) is 0. The molecule has 3 heteroatoms. The molecule has 1 rings (SSSR count). The average Bonchev–Trinajstić information content (AvgIpc) is 2.30. The fourth-order valence-electron chi connectivity index (χ4n) is 2.70. The van der Waals surface area contributed by atoms with Crippen LogP contribution in [-0.4, -0.2) is 36.0 Å². The van der Waals surface area contributed by atoms with Gasteiger partial charge in [-0.1, -0.05) is 26.7 Å². The maximum atomic E-state index is 11.2. The Morgan fingerprint density at radius 3 is 2.18 bits per heavy atom. The van der Waals surface area contributed by atoms with Gasteiger partial charge in [0.05, 0.1) is 0 Å². The second-order valence-corrected chi connectivity index (χ2v) is 5.22. The van der Waals surface area contributed by atoms with Gasteiger partial charge in [-0.15, -0.1) is 0 Å². The predicted octanol–water partition coefficient (Wildman–Crippen LogP) is 2.56. The number of rotatable bonds is 6. The molecule has 3 nitrogen and oxygen atoms in total. The first-order chi connectivity index (χ1) is 8.17. The lowest BCUT2D eigenvalue weighted by Gasteiger charge is -2.34. The van der Waals surface area contributed by atoms with Crippen molar-refractivity contribution >= 4 is 5.91 Å². The van der Waals surface area contributed by atoms with Crippen LogP contribution in [0.3, 0.4) is 0 Å². The van der Waals surface area contributed by atoms with Crippen molar-refractivity contribution in [2.75, 3.05) is 13.1 Å². The van der Waals surface area contributed by atoms with Gasteiger partial charge in [0.2, 0.25) is 5.91 Å². The van der Waals surface area contributed by atoms with E-state index >= 15 is 0 Å². The van der Waals surface area contributed by atoms with E-state index in [2.05, 4.69) is 19.2 Å². The summed E-state index contributed by atoms with van der Waals surface area (Å²) in [4.78, 5) is 13.2. The molecule has 1 heterocycles. The fourth-order valence-corrected chi connectivity index (χ4v) is 2.70. The molecule has 0 aromatic rings. The number of carbonyl (C=O) groups excluding carboxylic acids is 1. The lowest BCUT2D eigenvalue weighted by atomic mass is 10.0. The van der Waals surface area contributed by atoms with Crippen LogP contribution in [0, 0.1) is 0 Å². The Balaban J connectivity index is 2.30. The van der Waals surface area contributed by atoms with E-state index in [4.69, 9.17) is 0 Å². The Labute approximate surface area is 106 Å². The van der Waals surface area contributed by atoms with Crippen molar-refractivity contribution in [2.24, 2.45) is 0 Å². The van der Waals surface area contributed by atoms with Crippen molar-refractivity contribution in [1.82, 2.24) is 10.2 Å². The monoisotopic (exact) mass is 240 g/mol. The Morgan fingerprint density at radius 1 is 1.24 bits per heavy atom. The third kappa shape index (κ3) is 5.07. The zero-order chi connectivity index (χ0) is 12.7. The molecule has 0 bridgehead atoms. The summed E-state index contributed by atoms with van der Waals surface area (Å²) in [5.74, 6) is 0.224. The molecular formula is C14H28N2O. The molecule has 1 amide bonds. The number of amides is 1. The summed E-state index contributed by atoms with van der Waals surface area (Å²) in [5.41, 5.74) is 0. The first-order valence-electron chi connectivity index (χ1n) is 7.18. The highest BCUT2D eigenvalue weighted by atomic mass is 16.2. The minimum Gasteiger partial charge on any atom is -0.343 e. The number of likely N-dealkylation sites (tertiary alicyclic amines) is 1. The van der Waals surface area contributed by atoms with Crippen molar-refractivity contribution in [1.29, 1.82) is 0 Å². The van der Waals surface area contributed by atoms with Gasteiger partial charge in [0.25, 0.3) is 0 Å². The molecular weight excluding hydrogens is 212 g/mol. The minimum absolute atomic E-state index is 0.224. The molecule has 0 spiro atoms. The van der Waals surface area contributed by atoms with Gasteiger partial charge in [0.1, 0.15) is 0 Å². The Hall–Kier alpha value is -0.570. The van der Waals surface area contributed by atoms with E-state index in [0.717, 1.165) is 25.9 Å². The number of hydrogen-bond donors (Lipinski definition) is 1. The van der Waals surface area contributed by atoms with Crippen molar-refractivity contribution < 1.29 is 4.79 Å². The number of carbonyl (C=O) groups is 1. The number of nitrogens with one attached hydrogen (secondary N) is 1. The second-order valence-electron chi connectivity index (χ2n) is 5.22. The van der Waals surface area contributed by atoms with Crippen molar-refractivity contribution in [3.63, 3.8) is 0 Å². The highest BCUT2D eigenvalue weighted by Gasteiger charge is 2.22. The van der Waals surface area contributed by atoms with E-state index < -0.39 is 0 Å². The van der Waals surface area contributed by atoms with Gasteiger partial charge in [0.15, 0.2) is 0 Å². The Kier molecular flexibility index (Phi) is 6.56. The molecule has 1 saturated heterocycles. The van der Waals surface area contributed by atoms with Crippen LogP contribution < -0.4 is 5.32 Å².